The van der Waals surface area contributed by atoms with Crippen LogP contribution < -0.4 is 27.0 Å². The molecule has 1 fully saturated rings. The smallest absolute Gasteiger partial charge is 0.312 e. The van der Waals surface area contributed by atoms with Crippen LogP contribution >= 0.6 is 0 Å². The summed E-state index contributed by atoms with van der Waals surface area (Å²) in [4.78, 5) is 74.2. The van der Waals surface area contributed by atoms with Gasteiger partial charge in [-0.3, -0.25) is 28.9 Å². The van der Waals surface area contributed by atoms with Gasteiger partial charge in [-0.05, 0) is 42.9 Å². The standard InChI is InChI=1S/C25H36N6O6/c1-4-16-7-9-17(10-8-16)28-23(35)18(6-5-13-27-25(26)37)29-24(36)22(15(2)3)30-19(32)14-31-20(33)11-12-21(31)34/h7-10,15,18,22H,4-6,11-14H2,1-3H3,(H,28,35)(H,29,36)(H,30,32)(H3,26,27,37)/t18-,22-/m0/s1. The summed E-state index contributed by atoms with van der Waals surface area (Å²) < 4.78 is 0. The molecule has 7 amide bonds. The maximum absolute atomic E-state index is 13.1. The van der Waals surface area contributed by atoms with Gasteiger partial charge in [0.05, 0.1) is 0 Å². The lowest BCUT2D eigenvalue weighted by Crippen LogP contribution is -2.56. The van der Waals surface area contributed by atoms with Gasteiger partial charge in [-0.15, -0.1) is 0 Å². The minimum atomic E-state index is -1.01. The summed E-state index contributed by atoms with van der Waals surface area (Å²) in [5.41, 5.74) is 6.75. The minimum Gasteiger partial charge on any atom is -0.352 e. The van der Waals surface area contributed by atoms with Gasteiger partial charge in [-0.25, -0.2) is 4.79 Å². The molecule has 0 aromatic heterocycles. The van der Waals surface area contributed by atoms with Crippen molar-refractivity contribution in [2.24, 2.45) is 11.7 Å². The summed E-state index contributed by atoms with van der Waals surface area (Å²) in [6.45, 7) is 5.20. The van der Waals surface area contributed by atoms with Crippen LogP contribution in [0, 0.1) is 5.92 Å². The second-order valence-corrected chi connectivity index (χ2v) is 9.20. The Hall–Kier alpha value is -3.96. The molecule has 0 unspecified atom stereocenters. The van der Waals surface area contributed by atoms with Crippen LogP contribution in [-0.2, 0) is 30.4 Å². The number of anilines is 1. The number of nitrogens with two attached hydrogens (primary N) is 1. The minimum absolute atomic E-state index is 0.0583. The Balaban J connectivity index is 2.07. The monoisotopic (exact) mass is 516 g/mol. The molecule has 6 N–H and O–H groups in total. The van der Waals surface area contributed by atoms with E-state index in [1.54, 1.807) is 26.0 Å². The third-order valence-electron chi connectivity index (χ3n) is 5.95. The predicted octanol–water partition coefficient (Wildman–Crippen LogP) is 0.411. The van der Waals surface area contributed by atoms with Gasteiger partial charge in [0.1, 0.15) is 18.6 Å². The fraction of sp³-hybridized carbons (Fsp3) is 0.520. The van der Waals surface area contributed by atoms with E-state index in [0.29, 0.717) is 12.1 Å². The average Bonchev–Trinajstić information content (AvgIpc) is 3.16. The topological polar surface area (TPSA) is 180 Å². The van der Waals surface area contributed by atoms with Crippen molar-refractivity contribution in [2.45, 2.75) is 65.0 Å². The summed E-state index contributed by atoms with van der Waals surface area (Å²) in [7, 11) is 0. The van der Waals surface area contributed by atoms with E-state index in [-0.39, 0.29) is 31.7 Å². The highest BCUT2D eigenvalue weighted by atomic mass is 16.2. The van der Waals surface area contributed by atoms with Gasteiger partial charge >= 0.3 is 6.03 Å². The normalized spacial score (nSPS) is 14.8. The zero-order valence-electron chi connectivity index (χ0n) is 21.5. The zero-order chi connectivity index (χ0) is 27.5. The Bertz CT molecular complexity index is 993. The Kier molecular flexibility index (Phi) is 11.0. The highest BCUT2D eigenvalue weighted by Gasteiger charge is 2.33. The van der Waals surface area contributed by atoms with Crippen LogP contribution in [0.15, 0.2) is 24.3 Å². The number of rotatable bonds is 13. The first-order valence-electron chi connectivity index (χ1n) is 12.4. The van der Waals surface area contributed by atoms with Gasteiger partial charge < -0.3 is 27.0 Å². The van der Waals surface area contributed by atoms with E-state index in [9.17, 15) is 28.8 Å². The van der Waals surface area contributed by atoms with E-state index < -0.39 is 54.2 Å². The molecule has 1 heterocycles. The zero-order valence-corrected chi connectivity index (χ0v) is 21.5. The first-order valence-corrected chi connectivity index (χ1v) is 12.4. The summed E-state index contributed by atoms with van der Waals surface area (Å²) in [6, 6.07) is 4.64. The SMILES string of the molecule is CCc1ccc(NC(=O)[C@H](CCCNC(N)=O)NC(=O)[C@@H](NC(=O)CN2C(=O)CCC2=O)C(C)C)cc1. The van der Waals surface area contributed by atoms with Gasteiger partial charge in [-0.1, -0.05) is 32.9 Å². The van der Waals surface area contributed by atoms with Crippen LogP contribution in [0.3, 0.4) is 0 Å². The van der Waals surface area contributed by atoms with Crippen molar-refractivity contribution in [1.82, 2.24) is 20.9 Å². The summed E-state index contributed by atoms with van der Waals surface area (Å²) in [5.74, 6) is -2.92. The molecule has 202 valence electrons. The Labute approximate surface area is 216 Å². The molecule has 12 heteroatoms. The number of hydrogen-bond acceptors (Lipinski definition) is 6. The van der Waals surface area contributed by atoms with Gasteiger partial charge in [-0.2, -0.15) is 0 Å². The number of hydrogen-bond donors (Lipinski definition) is 5. The van der Waals surface area contributed by atoms with Crippen molar-refractivity contribution < 1.29 is 28.8 Å². The predicted molar refractivity (Wildman–Crippen MR) is 136 cm³/mol. The van der Waals surface area contributed by atoms with Crippen LogP contribution in [0.1, 0.15) is 52.0 Å². The average molecular weight is 517 g/mol. The summed E-state index contributed by atoms with van der Waals surface area (Å²) in [5, 5.41) is 10.5. The second kappa shape index (κ2) is 14.0. The van der Waals surface area contributed by atoms with Crippen LogP contribution in [-0.4, -0.2) is 65.6 Å². The number of aryl methyl sites for hydroxylation is 1. The Morgan fingerprint density at radius 3 is 2.14 bits per heavy atom. The van der Waals surface area contributed by atoms with Crippen molar-refractivity contribution in [3.8, 4) is 0 Å². The number of carbonyl (C=O) groups excluding carboxylic acids is 6. The molecule has 1 aromatic rings. The largest absolute Gasteiger partial charge is 0.352 e. The van der Waals surface area contributed by atoms with Gasteiger partial charge in [0, 0.05) is 25.1 Å². The van der Waals surface area contributed by atoms with E-state index in [1.807, 2.05) is 19.1 Å². The lowest BCUT2D eigenvalue weighted by molar-refractivity contribution is -0.143. The molecular weight excluding hydrogens is 480 g/mol. The number of nitrogens with one attached hydrogen (secondary N) is 4. The molecule has 2 atom stereocenters. The molecule has 1 aromatic carbocycles. The third-order valence-corrected chi connectivity index (χ3v) is 5.95. The molecule has 12 nitrogen and oxygen atoms in total. The number of benzene rings is 1. The summed E-state index contributed by atoms with van der Waals surface area (Å²) in [6.07, 6.45) is 1.52. The quantitative estimate of drug-likeness (QED) is 0.187. The van der Waals surface area contributed by atoms with Crippen molar-refractivity contribution in [1.29, 1.82) is 0 Å². The lowest BCUT2D eigenvalue weighted by atomic mass is 10.0. The van der Waals surface area contributed by atoms with Crippen molar-refractivity contribution >= 4 is 41.3 Å². The van der Waals surface area contributed by atoms with E-state index in [2.05, 4.69) is 21.3 Å². The molecule has 2 rings (SSSR count). The molecule has 0 radical (unpaired) electrons. The van der Waals surface area contributed by atoms with Gasteiger partial charge in [0.25, 0.3) is 0 Å². The van der Waals surface area contributed by atoms with E-state index in [4.69, 9.17) is 5.73 Å². The highest BCUT2D eigenvalue weighted by molar-refractivity contribution is 6.05. The van der Waals surface area contributed by atoms with Crippen molar-refractivity contribution in [2.75, 3.05) is 18.4 Å². The van der Waals surface area contributed by atoms with Crippen LogP contribution in [0.2, 0.25) is 0 Å². The van der Waals surface area contributed by atoms with E-state index in [0.717, 1.165) is 16.9 Å². The fourth-order valence-corrected chi connectivity index (χ4v) is 3.80. The van der Waals surface area contributed by atoms with Crippen LogP contribution in [0.4, 0.5) is 10.5 Å². The number of primary amides is 1. The highest BCUT2D eigenvalue weighted by Crippen LogP contribution is 2.13. The Morgan fingerprint density at radius 1 is 0.973 bits per heavy atom. The number of nitrogens with zero attached hydrogens (tertiary/aromatic N) is 1. The molecule has 1 aliphatic heterocycles. The number of amides is 7. The number of urea groups is 1. The molecule has 0 bridgehead atoms. The van der Waals surface area contributed by atoms with E-state index in [1.165, 1.54) is 0 Å². The molecule has 1 aliphatic rings. The molecule has 0 aliphatic carbocycles. The summed E-state index contributed by atoms with van der Waals surface area (Å²) >= 11 is 0. The van der Waals surface area contributed by atoms with Crippen molar-refractivity contribution in [3.05, 3.63) is 29.8 Å². The molecule has 1 saturated heterocycles. The number of carbonyl (C=O) groups is 6. The first-order chi connectivity index (χ1) is 17.5. The lowest BCUT2D eigenvalue weighted by Gasteiger charge is -2.26. The second-order valence-electron chi connectivity index (χ2n) is 9.20. The number of imide groups is 1. The van der Waals surface area contributed by atoms with Crippen molar-refractivity contribution in [3.63, 3.8) is 0 Å². The molecule has 37 heavy (non-hydrogen) atoms. The van der Waals surface area contributed by atoms with E-state index >= 15 is 0 Å². The number of likely N-dealkylation sites (tertiary alicyclic amines) is 1. The third kappa shape index (κ3) is 9.21. The van der Waals surface area contributed by atoms with Gasteiger partial charge in [0.15, 0.2) is 0 Å². The molecule has 0 saturated carbocycles. The van der Waals surface area contributed by atoms with Gasteiger partial charge in [0.2, 0.25) is 29.5 Å². The molecular formula is C25H36N6O6. The van der Waals surface area contributed by atoms with Crippen LogP contribution in [0.5, 0.6) is 0 Å². The van der Waals surface area contributed by atoms with Crippen LogP contribution in [0.25, 0.3) is 0 Å². The first kappa shape index (κ1) is 29.3. The fourth-order valence-electron chi connectivity index (χ4n) is 3.80. The maximum Gasteiger partial charge on any atom is 0.312 e. The Morgan fingerprint density at radius 2 is 1.59 bits per heavy atom. The molecule has 0 spiro atoms. The maximum atomic E-state index is 13.1.